The molecule has 23 heavy (non-hydrogen) atoms. The Labute approximate surface area is 137 Å². The van der Waals surface area contributed by atoms with Crippen molar-refractivity contribution in [1.29, 1.82) is 0 Å². The first-order valence-corrected chi connectivity index (χ1v) is 8.12. The van der Waals surface area contributed by atoms with Gasteiger partial charge in [0.05, 0.1) is 0 Å². The standard InChI is InChI=1S/C18H23N3O2/c1-2-3-4-5-6-11-17(22)21-15-9-7-10-16(14-15)23-18-19-12-8-13-20-18/h7-10,12-14H,2-6,11H2,1H3,(H,21,22). The number of unbranched alkanes of at least 4 members (excludes halogenated alkanes) is 4. The summed E-state index contributed by atoms with van der Waals surface area (Å²) in [7, 11) is 0. The van der Waals surface area contributed by atoms with Crippen molar-refractivity contribution in [2.75, 3.05) is 5.32 Å². The van der Waals surface area contributed by atoms with Gasteiger partial charge in [-0.05, 0) is 24.6 Å². The molecule has 0 fully saturated rings. The van der Waals surface area contributed by atoms with Crippen LogP contribution in [0.15, 0.2) is 42.7 Å². The van der Waals surface area contributed by atoms with Gasteiger partial charge in [-0.2, -0.15) is 0 Å². The third-order valence-corrected chi connectivity index (χ3v) is 3.38. The molecule has 0 saturated carbocycles. The highest BCUT2D eigenvalue weighted by atomic mass is 16.5. The largest absolute Gasteiger partial charge is 0.424 e. The fourth-order valence-electron chi connectivity index (χ4n) is 2.19. The minimum absolute atomic E-state index is 0.0367. The molecule has 0 aliphatic rings. The molecule has 0 saturated heterocycles. The molecule has 2 rings (SSSR count). The zero-order valence-electron chi connectivity index (χ0n) is 13.5. The number of anilines is 1. The average molecular weight is 313 g/mol. The van der Waals surface area contributed by atoms with Crippen molar-refractivity contribution in [2.24, 2.45) is 0 Å². The Kier molecular flexibility index (Phi) is 7.04. The van der Waals surface area contributed by atoms with Gasteiger partial charge in [-0.25, -0.2) is 9.97 Å². The van der Waals surface area contributed by atoms with E-state index in [1.165, 1.54) is 19.3 Å². The molecule has 1 aromatic heterocycles. The molecule has 0 atom stereocenters. The Morgan fingerprint density at radius 1 is 1.09 bits per heavy atom. The first-order valence-electron chi connectivity index (χ1n) is 8.12. The number of hydrogen-bond donors (Lipinski definition) is 1. The monoisotopic (exact) mass is 313 g/mol. The van der Waals surface area contributed by atoms with Gasteiger partial charge in [0.1, 0.15) is 5.75 Å². The number of benzene rings is 1. The van der Waals surface area contributed by atoms with Crippen molar-refractivity contribution >= 4 is 11.6 Å². The van der Waals surface area contributed by atoms with Gasteiger partial charge in [0.25, 0.3) is 0 Å². The number of amides is 1. The summed E-state index contributed by atoms with van der Waals surface area (Å²) < 4.78 is 5.55. The Hall–Kier alpha value is -2.43. The highest BCUT2D eigenvalue weighted by Crippen LogP contribution is 2.21. The van der Waals surface area contributed by atoms with E-state index >= 15 is 0 Å². The molecule has 5 heteroatoms. The Bertz CT molecular complexity index is 602. The van der Waals surface area contributed by atoms with E-state index in [1.54, 1.807) is 30.6 Å². The van der Waals surface area contributed by atoms with Crippen LogP contribution < -0.4 is 10.1 Å². The topological polar surface area (TPSA) is 64.1 Å². The molecule has 122 valence electrons. The van der Waals surface area contributed by atoms with Crippen molar-refractivity contribution in [3.63, 3.8) is 0 Å². The van der Waals surface area contributed by atoms with E-state index in [0.717, 1.165) is 18.5 Å². The van der Waals surface area contributed by atoms with E-state index in [9.17, 15) is 4.79 Å². The maximum atomic E-state index is 11.9. The van der Waals surface area contributed by atoms with Gasteiger partial charge in [-0.3, -0.25) is 4.79 Å². The van der Waals surface area contributed by atoms with E-state index in [4.69, 9.17) is 4.74 Å². The number of ether oxygens (including phenoxy) is 1. The first kappa shape index (κ1) is 16.9. The van der Waals surface area contributed by atoms with Gasteiger partial charge in [0.2, 0.25) is 5.91 Å². The number of carbonyl (C=O) groups excluding carboxylic acids is 1. The second kappa shape index (κ2) is 9.56. The SMILES string of the molecule is CCCCCCCC(=O)Nc1cccc(Oc2ncccn2)c1. The molecule has 1 heterocycles. The lowest BCUT2D eigenvalue weighted by molar-refractivity contribution is -0.116. The molecule has 1 aromatic carbocycles. The highest BCUT2D eigenvalue weighted by molar-refractivity contribution is 5.90. The second-order valence-electron chi connectivity index (χ2n) is 5.37. The van der Waals surface area contributed by atoms with E-state index in [0.29, 0.717) is 12.2 Å². The molecule has 0 bridgehead atoms. The molecule has 0 aliphatic heterocycles. The van der Waals surface area contributed by atoms with Gasteiger partial charge < -0.3 is 10.1 Å². The van der Waals surface area contributed by atoms with Crippen LogP contribution in [0.1, 0.15) is 45.4 Å². The molecule has 1 amide bonds. The third-order valence-electron chi connectivity index (χ3n) is 3.38. The summed E-state index contributed by atoms with van der Waals surface area (Å²) in [6.45, 7) is 2.18. The predicted octanol–water partition coefficient (Wildman–Crippen LogP) is 4.57. The minimum Gasteiger partial charge on any atom is -0.424 e. The summed E-state index contributed by atoms with van der Waals surface area (Å²) in [4.78, 5) is 20.0. The predicted molar refractivity (Wildman–Crippen MR) is 90.6 cm³/mol. The van der Waals surface area contributed by atoms with Crippen LogP contribution in [0.4, 0.5) is 5.69 Å². The van der Waals surface area contributed by atoms with Crippen molar-refractivity contribution in [2.45, 2.75) is 45.4 Å². The summed E-state index contributed by atoms with van der Waals surface area (Å²) in [5.41, 5.74) is 0.719. The molecular formula is C18H23N3O2. The third kappa shape index (κ3) is 6.46. The number of hydrogen-bond acceptors (Lipinski definition) is 4. The van der Waals surface area contributed by atoms with E-state index < -0.39 is 0 Å². The average Bonchev–Trinajstić information content (AvgIpc) is 2.56. The summed E-state index contributed by atoms with van der Waals surface area (Å²) in [6, 6.07) is 9.25. The first-order chi connectivity index (χ1) is 11.3. The van der Waals surface area contributed by atoms with Crippen LogP contribution >= 0.6 is 0 Å². The van der Waals surface area contributed by atoms with E-state index in [2.05, 4.69) is 22.2 Å². The van der Waals surface area contributed by atoms with Crippen LogP contribution in [-0.4, -0.2) is 15.9 Å². The smallest absolute Gasteiger partial charge is 0.321 e. The molecule has 5 nitrogen and oxygen atoms in total. The lowest BCUT2D eigenvalue weighted by Gasteiger charge is -2.08. The van der Waals surface area contributed by atoms with Crippen molar-refractivity contribution in [3.05, 3.63) is 42.7 Å². The quantitative estimate of drug-likeness (QED) is 0.689. The molecule has 1 N–H and O–H groups in total. The van der Waals surface area contributed by atoms with Crippen molar-refractivity contribution in [1.82, 2.24) is 9.97 Å². The Balaban J connectivity index is 1.81. The van der Waals surface area contributed by atoms with E-state index in [1.807, 2.05) is 12.1 Å². The maximum Gasteiger partial charge on any atom is 0.321 e. The second-order valence-corrected chi connectivity index (χ2v) is 5.37. The van der Waals surface area contributed by atoms with Crippen molar-refractivity contribution in [3.8, 4) is 11.8 Å². The molecule has 0 aliphatic carbocycles. The minimum atomic E-state index is 0.0367. The summed E-state index contributed by atoms with van der Waals surface area (Å²) in [6.07, 6.45) is 9.47. The van der Waals surface area contributed by atoms with Crippen LogP contribution in [0.3, 0.4) is 0 Å². The number of nitrogens with one attached hydrogen (secondary N) is 1. The van der Waals surface area contributed by atoms with Gasteiger partial charge in [0.15, 0.2) is 0 Å². The molecule has 2 aromatic rings. The number of carbonyl (C=O) groups is 1. The zero-order valence-corrected chi connectivity index (χ0v) is 13.5. The molecule has 0 spiro atoms. The maximum absolute atomic E-state index is 11.9. The summed E-state index contributed by atoms with van der Waals surface area (Å²) in [5.74, 6) is 0.631. The van der Waals surface area contributed by atoms with Crippen LogP contribution in [0.25, 0.3) is 0 Å². The Morgan fingerprint density at radius 3 is 2.65 bits per heavy atom. The fraction of sp³-hybridized carbons (Fsp3) is 0.389. The van der Waals surface area contributed by atoms with Crippen LogP contribution in [0.5, 0.6) is 11.8 Å². The lowest BCUT2D eigenvalue weighted by Crippen LogP contribution is -2.11. The normalized spacial score (nSPS) is 10.3. The highest BCUT2D eigenvalue weighted by Gasteiger charge is 2.05. The lowest BCUT2D eigenvalue weighted by atomic mass is 10.1. The molecular weight excluding hydrogens is 290 g/mol. The van der Waals surface area contributed by atoms with Gasteiger partial charge >= 0.3 is 6.01 Å². The van der Waals surface area contributed by atoms with Crippen LogP contribution in [0.2, 0.25) is 0 Å². The zero-order chi connectivity index (χ0) is 16.3. The fourth-order valence-corrected chi connectivity index (χ4v) is 2.19. The summed E-state index contributed by atoms with van der Waals surface area (Å²) in [5, 5.41) is 2.90. The summed E-state index contributed by atoms with van der Waals surface area (Å²) >= 11 is 0. The van der Waals surface area contributed by atoms with Crippen molar-refractivity contribution < 1.29 is 9.53 Å². The molecule has 0 unspecified atom stereocenters. The van der Waals surface area contributed by atoms with Crippen LogP contribution in [0, 0.1) is 0 Å². The van der Waals surface area contributed by atoms with Gasteiger partial charge in [-0.1, -0.05) is 38.7 Å². The van der Waals surface area contributed by atoms with Gasteiger partial charge in [0, 0.05) is 30.6 Å². The number of aromatic nitrogens is 2. The van der Waals surface area contributed by atoms with Gasteiger partial charge in [-0.15, -0.1) is 0 Å². The van der Waals surface area contributed by atoms with E-state index in [-0.39, 0.29) is 11.9 Å². The van der Waals surface area contributed by atoms with Crippen LogP contribution in [-0.2, 0) is 4.79 Å². The number of nitrogens with zero attached hydrogens (tertiary/aromatic N) is 2. The molecule has 0 radical (unpaired) electrons. The Morgan fingerprint density at radius 2 is 1.87 bits per heavy atom. The number of rotatable bonds is 9.